The van der Waals surface area contributed by atoms with E-state index in [0.717, 1.165) is 66.2 Å². The van der Waals surface area contributed by atoms with Crippen LogP contribution in [-0.2, 0) is 23.1 Å². The van der Waals surface area contributed by atoms with E-state index >= 15 is 0 Å². The summed E-state index contributed by atoms with van der Waals surface area (Å²) in [6.45, 7) is 8.18. The number of aromatic nitrogens is 1. The van der Waals surface area contributed by atoms with Gasteiger partial charge in [-0.25, -0.2) is 22.5 Å². The molecule has 1 N–H and O–H groups in total. The van der Waals surface area contributed by atoms with Gasteiger partial charge in [0.1, 0.15) is 24.0 Å². The number of sulfonamides is 1. The van der Waals surface area contributed by atoms with Crippen molar-refractivity contribution in [3.8, 4) is 16.9 Å². The lowest BCUT2D eigenvalue weighted by atomic mass is 10.0. The number of hydrogen-bond donors (Lipinski definition) is 1. The molecule has 3 aliphatic rings. The average molecular weight is 552 g/mol. The molecule has 2 heterocycles. The molecule has 3 atom stereocenters. The van der Waals surface area contributed by atoms with E-state index in [1.165, 1.54) is 29.9 Å². The number of nitrogens with zero attached hydrogens (tertiary/aromatic N) is 2. The van der Waals surface area contributed by atoms with Gasteiger partial charge in [0.25, 0.3) is 0 Å². The number of halogens is 1. The quantitative estimate of drug-likeness (QED) is 0.381. The van der Waals surface area contributed by atoms with Crippen molar-refractivity contribution in [2.75, 3.05) is 30.8 Å². The third kappa shape index (κ3) is 6.28. The Bertz CT molecular complexity index is 1460. The lowest BCUT2D eigenvalue weighted by molar-refractivity contribution is 0.299. The molecule has 6 nitrogen and oxygen atoms in total. The van der Waals surface area contributed by atoms with Crippen LogP contribution in [0, 0.1) is 24.6 Å². The van der Waals surface area contributed by atoms with Gasteiger partial charge in [0.15, 0.2) is 0 Å². The van der Waals surface area contributed by atoms with Crippen LogP contribution < -0.4 is 14.4 Å². The van der Waals surface area contributed by atoms with Gasteiger partial charge in [-0.15, -0.1) is 0 Å². The van der Waals surface area contributed by atoms with Crippen LogP contribution in [0.5, 0.6) is 5.75 Å². The van der Waals surface area contributed by atoms with E-state index in [4.69, 9.17) is 9.72 Å². The molecule has 3 aromatic rings. The van der Waals surface area contributed by atoms with Gasteiger partial charge in [-0.1, -0.05) is 26.0 Å². The molecule has 8 heteroatoms. The van der Waals surface area contributed by atoms with Gasteiger partial charge in [0, 0.05) is 36.5 Å². The zero-order valence-electron chi connectivity index (χ0n) is 23.2. The molecular formula is C31H38FN3O3S. The Balaban J connectivity index is 0.00000151. The molecule has 1 saturated carbocycles. The molecule has 0 amide bonds. The van der Waals surface area contributed by atoms with E-state index in [9.17, 15) is 12.8 Å². The van der Waals surface area contributed by atoms with E-state index in [1.54, 1.807) is 6.07 Å². The molecule has 0 bridgehead atoms. The predicted molar refractivity (Wildman–Crippen MR) is 154 cm³/mol. The standard InChI is InChI=1S/C29H32FN3O3S.C2H6/c1-18-25(6-8-29(32-18)33-10-9-19(16-33)15-31-37(2,34)35)20-3-7-28(30)23(11-20)17-36-24-4-5-26-21(13-24)12-22-14-27(22)26;1-2/h3-8,11,13,19,22,27,31H,9-10,12,14-17H2,1-2H3;1-2H3. The van der Waals surface area contributed by atoms with Gasteiger partial charge in [0.05, 0.1) is 6.26 Å². The van der Waals surface area contributed by atoms with E-state index in [-0.39, 0.29) is 18.3 Å². The van der Waals surface area contributed by atoms with E-state index in [1.807, 2.05) is 45.0 Å². The Kier molecular flexibility index (Phi) is 7.96. The first-order valence-corrected chi connectivity index (χ1v) is 15.8. The van der Waals surface area contributed by atoms with Gasteiger partial charge < -0.3 is 9.64 Å². The van der Waals surface area contributed by atoms with E-state index in [0.29, 0.717) is 12.1 Å². The van der Waals surface area contributed by atoms with Crippen molar-refractivity contribution >= 4 is 15.8 Å². The number of ether oxygens (including phenoxy) is 1. The van der Waals surface area contributed by atoms with Crippen LogP contribution in [0.1, 0.15) is 55.0 Å². The Morgan fingerprint density at radius 2 is 1.95 bits per heavy atom. The largest absolute Gasteiger partial charge is 0.489 e. The first-order valence-electron chi connectivity index (χ1n) is 13.9. The summed E-state index contributed by atoms with van der Waals surface area (Å²) in [6, 6.07) is 15.5. The molecule has 2 aliphatic carbocycles. The molecule has 6 rings (SSSR count). The summed E-state index contributed by atoms with van der Waals surface area (Å²) in [5, 5.41) is 0. The van der Waals surface area contributed by atoms with Crippen molar-refractivity contribution in [1.82, 2.24) is 9.71 Å². The van der Waals surface area contributed by atoms with Crippen LogP contribution in [0.15, 0.2) is 48.5 Å². The molecular weight excluding hydrogens is 513 g/mol. The summed E-state index contributed by atoms with van der Waals surface area (Å²) in [5.74, 6) is 3.23. The van der Waals surface area contributed by atoms with Crippen LogP contribution in [0.3, 0.4) is 0 Å². The Morgan fingerprint density at radius 3 is 2.72 bits per heavy atom. The van der Waals surface area contributed by atoms with Crippen LogP contribution in [0.2, 0.25) is 0 Å². The van der Waals surface area contributed by atoms with Crippen LogP contribution >= 0.6 is 0 Å². The maximum absolute atomic E-state index is 14.7. The molecule has 1 saturated heterocycles. The molecule has 39 heavy (non-hydrogen) atoms. The average Bonchev–Trinajstić information content (AvgIpc) is 3.35. The Hall–Kier alpha value is -2.97. The Labute approximate surface area is 231 Å². The highest BCUT2D eigenvalue weighted by molar-refractivity contribution is 7.88. The fourth-order valence-corrected chi connectivity index (χ4v) is 6.40. The van der Waals surface area contributed by atoms with Crippen molar-refractivity contribution in [1.29, 1.82) is 0 Å². The number of hydrogen-bond acceptors (Lipinski definition) is 5. The van der Waals surface area contributed by atoms with Gasteiger partial charge in [-0.2, -0.15) is 0 Å². The van der Waals surface area contributed by atoms with Crippen molar-refractivity contribution in [2.24, 2.45) is 11.8 Å². The second-order valence-corrected chi connectivity index (χ2v) is 12.6. The van der Waals surface area contributed by atoms with Gasteiger partial charge in [0.2, 0.25) is 10.0 Å². The Morgan fingerprint density at radius 1 is 1.13 bits per heavy atom. The predicted octanol–water partition coefficient (Wildman–Crippen LogP) is 5.84. The third-order valence-electron chi connectivity index (χ3n) is 7.98. The fraction of sp³-hybridized carbons (Fsp3) is 0.452. The minimum atomic E-state index is -3.19. The lowest BCUT2D eigenvalue weighted by Gasteiger charge is -2.19. The molecule has 2 fully saturated rings. The monoisotopic (exact) mass is 551 g/mol. The maximum atomic E-state index is 14.7. The number of nitrogens with one attached hydrogen (secondary N) is 1. The summed E-state index contributed by atoms with van der Waals surface area (Å²) < 4.78 is 46.1. The van der Waals surface area contributed by atoms with Crippen LogP contribution in [-0.4, -0.2) is 39.3 Å². The van der Waals surface area contributed by atoms with Crippen molar-refractivity contribution < 1.29 is 17.5 Å². The summed E-state index contributed by atoms with van der Waals surface area (Å²) in [6.07, 6.45) is 4.56. The van der Waals surface area contributed by atoms with Gasteiger partial charge >= 0.3 is 0 Å². The highest BCUT2D eigenvalue weighted by Crippen LogP contribution is 2.56. The zero-order valence-corrected chi connectivity index (χ0v) is 24.0. The topological polar surface area (TPSA) is 71.5 Å². The molecule has 3 unspecified atom stereocenters. The molecule has 208 valence electrons. The molecule has 0 radical (unpaired) electrons. The number of pyridine rings is 1. The lowest BCUT2D eigenvalue weighted by Crippen LogP contribution is -2.30. The summed E-state index contributed by atoms with van der Waals surface area (Å²) in [5.41, 5.74) is 6.09. The van der Waals surface area contributed by atoms with Crippen molar-refractivity contribution in [2.45, 2.75) is 52.6 Å². The van der Waals surface area contributed by atoms with Gasteiger partial charge in [-0.05, 0) is 97.0 Å². The summed E-state index contributed by atoms with van der Waals surface area (Å²) in [4.78, 5) is 7.02. The summed E-state index contributed by atoms with van der Waals surface area (Å²) >= 11 is 0. The normalized spacial score (nSPS) is 21.2. The molecule has 2 aromatic carbocycles. The second-order valence-electron chi connectivity index (χ2n) is 10.8. The minimum absolute atomic E-state index is 0.173. The highest BCUT2D eigenvalue weighted by atomic mass is 32.2. The SMILES string of the molecule is CC.Cc1nc(N2CCC(CNS(C)(=O)=O)C2)ccc1-c1ccc(F)c(COc2ccc3c(c2)CC2CC32)c1. The smallest absolute Gasteiger partial charge is 0.208 e. The van der Waals surface area contributed by atoms with Crippen molar-refractivity contribution in [3.63, 3.8) is 0 Å². The first-order chi connectivity index (χ1) is 18.7. The number of anilines is 1. The van der Waals surface area contributed by atoms with E-state index < -0.39 is 10.0 Å². The highest BCUT2D eigenvalue weighted by Gasteiger charge is 2.44. The fourth-order valence-electron chi connectivity index (χ4n) is 5.87. The number of rotatable bonds is 8. The number of fused-ring (bicyclic) bond motifs is 3. The first kappa shape index (κ1) is 27.6. The molecule has 0 spiro atoms. The zero-order chi connectivity index (χ0) is 27.7. The number of aryl methyl sites for hydroxylation is 1. The van der Waals surface area contributed by atoms with Crippen LogP contribution in [0.25, 0.3) is 11.1 Å². The molecule has 1 aliphatic heterocycles. The van der Waals surface area contributed by atoms with Crippen molar-refractivity contribution in [3.05, 3.63) is 76.7 Å². The van der Waals surface area contributed by atoms with Crippen LogP contribution in [0.4, 0.5) is 10.2 Å². The minimum Gasteiger partial charge on any atom is -0.489 e. The third-order valence-corrected chi connectivity index (χ3v) is 8.68. The second kappa shape index (κ2) is 11.3. The summed E-state index contributed by atoms with van der Waals surface area (Å²) in [7, 11) is -3.19. The molecule has 1 aromatic heterocycles. The van der Waals surface area contributed by atoms with Gasteiger partial charge in [-0.3, -0.25) is 0 Å². The maximum Gasteiger partial charge on any atom is 0.208 e. The number of benzene rings is 2. The van der Waals surface area contributed by atoms with E-state index in [2.05, 4.69) is 21.8 Å².